The lowest BCUT2D eigenvalue weighted by Crippen LogP contribution is -2.45. The van der Waals surface area contributed by atoms with Crippen LogP contribution >= 0.6 is 0 Å². The van der Waals surface area contributed by atoms with Crippen LogP contribution in [-0.2, 0) is 19.9 Å². The Labute approximate surface area is 124 Å². The molecule has 0 aliphatic heterocycles. The molecule has 0 fully saturated rings. The molecule has 0 saturated heterocycles. The van der Waals surface area contributed by atoms with Crippen LogP contribution in [0.25, 0.3) is 0 Å². The van der Waals surface area contributed by atoms with Crippen LogP contribution in [0, 0.1) is 5.41 Å². The maximum Gasteiger partial charge on any atom is 0.323 e. The first kappa shape index (κ1) is 17.2. The summed E-state index contributed by atoms with van der Waals surface area (Å²) in [5.74, 6) is -2.09. The van der Waals surface area contributed by atoms with Gasteiger partial charge >= 0.3 is 11.9 Å². The van der Waals surface area contributed by atoms with Gasteiger partial charge in [0.05, 0.1) is 12.2 Å². The summed E-state index contributed by atoms with van der Waals surface area (Å²) < 4.78 is 4.91. The van der Waals surface area contributed by atoms with Crippen molar-refractivity contribution < 1.29 is 24.5 Å². The second-order valence-electron chi connectivity index (χ2n) is 5.28. The number of aliphatic carboxylic acids is 1. The molecule has 0 spiro atoms. The molecule has 0 bridgehead atoms. The van der Waals surface area contributed by atoms with Crippen LogP contribution < -0.4 is 0 Å². The van der Waals surface area contributed by atoms with E-state index >= 15 is 0 Å². The summed E-state index contributed by atoms with van der Waals surface area (Å²) in [6.45, 7) is 4.83. The van der Waals surface area contributed by atoms with Gasteiger partial charge in [-0.3, -0.25) is 9.59 Å². The Balaban J connectivity index is 3.17. The number of hydrogen-bond donors (Lipinski definition) is 2. The van der Waals surface area contributed by atoms with Crippen molar-refractivity contribution in [2.24, 2.45) is 5.41 Å². The molecular weight excluding hydrogens is 272 g/mol. The highest BCUT2D eigenvalue weighted by atomic mass is 16.5. The number of ether oxygens (including phenoxy) is 1. The first-order chi connectivity index (χ1) is 9.80. The standard InChI is InChI=1S/C16H22O5/c1-4-16(13(17)18,14(19)21-5-2)11-15(3,20)12-9-7-6-8-10-12/h6-10,20H,4-5,11H2,1-3H3,(H,17,18). The Morgan fingerprint density at radius 3 is 2.19 bits per heavy atom. The number of aliphatic hydroxyl groups is 1. The minimum atomic E-state index is -1.75. The Hall–Kier alpha value is -1.88. The van der Waals surface area contributed by atoms with Gasteiger partial charge in [-0.1, -0.05) is 37.3 Å². The fourth-order valence-corrected chi connectivity index (χ4v) is 2.41. The Bertz CT molecular complexity index is 495. The average Bonchev–Trinajstić information content (AvgIpc) is 2.45. The van der Waals surface area contributed by atoms with Crippen molar-refractivity contribution >= 4 is 11.9 Å². The zero-order valence-corrected chi connectivity index (χ0v) is 12.6. The lowest BCUT2D eigenvalue weighted by Gasteiger charge is -2.34. The normalized spacial score (nSPS) is 16.6. The largest absolute Gasteiger partial charge is 0.480 e. The molecule has 1 aromatic rings. The van der Waals surface area contributed by atoms with Gasteiger partial charge in [0.15, 0.2) is 5.41 Å². The second-order valence-corrected chi connectivity index (χ2v) is 5.28. The number of esters is 1. The van der Waals surface area contributed by atoms with Crippen LogP contribution in [0.2, 0.25) is 0 Å². The Kier molecular flexibility index (Phi) is 5.49. The van der Waals surface area contributed by atoms with E-state index in [-0.39, 0.29) is 19.4 Å². The molecular formula is C16H22O5. The van der Waals surface area contributed by atoms with Gasteiger partial charge in [-0.15, -0.1) is 0 Å². The minimum Gasteiger partial charge on any atom is -0.480 e. The van der Waals surface area contributed by atoms with E-state index in [0.29, 0.717) is 5.56 Å². The number of carboxylic acids is 1. The highest BCUT2D eigenvalue weighted by Gasteiger charge is 2.50. The first-order valence-electron chi connectivity index (χ1n) is 6.98. The van der Waals surface area contributed by atoms with Gasteiger partial charge in [0.25, 0.3) is 0 Å². The van der Waals surface area contributed by atoms with Crippen molar-refractivity contribution in [1.82, 2.24) is 0 Å². The van der Waals surface area contributed by atoms with Crippen LogP contribution in [-0.4, -0.2) is 28.8 Å². The molecule has 21 heavy (non-hydrogen) atoms. The fourth-order valence-electron chi connectivity index (χ4n) is 2.41. The molecule has 1 rings (SSSR count). The number of hydrogen-bond acceptors (Lipinski definition) is 4. The number of rotatable bonds is 7. The second kappa shape index (κ2) is 6.72. The number of carbonyl (C=O) groups is 2. The highest BCUT2D eigenvalue weighted by molar-refractivity contribution is 5.99. The van der Waals surface area contributed by atoms with Crippen LogP contribution in [0.5, 0.6) is 0 Å². The zero-order chi connectivity index (χ0) is 16.1. The number of carbonyl (C=O) groups excluding carboxylic acids is 1. The molecule has 2 unspecified atom stereocenters. The summed E-state index contributed by atoms with van der Waals surface area (Å²) >= 11 is 0. The summed E-state index contributed by atoms with van der Waals surface area (Å²) in [4.78, 5) is 23.8. The molecule has 5 heteroatoms. The highest BCUT2D eigenvalue weighted by Crippen LogP contribution is 2.39. The molecule has 1 aromatic carbocycles. The van der Waals surface area contributed by atoms with Crippen molar-refractivity contribution in [3.8, 4) is 0 Å². The molecule has 116 valence electrons. The molecule has 0 amide bonds. The van der Waals surface area contributed by atoms with Crippen molar-refractivity contribution in [2.45, 2.75) is 39.2 Å². The zero-order valence-electron chi connectivity index (χ0n) is 12.6. The summed E-state index contributed by atoms with van der Waals surface area (Å²) in [6.07, 6.45) is -0.196. The third kappa shape index (κ3) is 3.61. The van der Waals surface area contributed by atoms with Crippen LogP contribution in [0.3, 0.4) is 0 Å². The third-order valence-electron chi connectivity index (χ3n) is 3.72. The molecule has 0 aliphatic carbocycles. The molecule has 2 N–H and O–H groups in total. The average molecular weight is 294 g/mol. The molecule has 0 radical (unpaired) electrons. The minimum absolute atomic E-state index is 0.0458. The van der Waals surface area contributed by atoms with Crippen molar-refractivity contribution in [3.05, 3.63) is 35.9 Å². The maximum absolute atomic E-state index is 12.1. The molecule has 5 nitrogen and oxygen atoms in total. The summed E-state index contributed by atoms with van der Waals surface area (Å²) in [5.41, 5.74) is -2.63. The van der Waals surface area contributed by atoms with E-state index in [1.807, 2.05) is 0 Å². The topological polar surface area (TPSA) is 83.8 Å². The first-order valence-corrected chi connectivity index (χ1v) is 6.98. The third-order valence-corrected chi connectivity index (χ3v) is 3.72. The van der Waals surface area contributed by atoms with Gasteiger partial charge in [0.2, 0.25) is 0 Å². The Morgan fingerprint density at radius 1 is 1.19 bits per heavy atom. The summed E-state index contributed by atoms with van der Waals surface area (Å²) in [6, 6.07) is 8.71. The Morgan fingerprint density at radius 2 is 1.76 bits per heavy atom. The lowest BCUT2D eigenvalue weighted by atomic mass is 9.73. The van der Waals surface area contributed by atoms with Gasteiger partial charge in [-0.2, -0.15) is 0 Å². The van der Waals surface area contributed by atoms with Crippen molar-refractivity contribution in [1.29, 1.82) is 0 Å². The number of benzene rings is 1. The quantitative estimate of drug-likeness (QED) is 0.595. The summed E-state index contributed by atoms with van der Waals surface area (Å²) in [7, 11) is 0. The van der Waals surface area contributed by atoms with Gasteiger partial charge in [-0.25, -0.2) is 0 Å². The van der Waals surface area contributed by atoms with E-state index in [2.05, 4.69) is 0 Å². The van der Waals surface area contributed by atoms with Gasteiger partial charge in [-0.05, 0) is 25.8 Å². The van der Waals surface area contributed by atoms with Crippen LogP contribution in [0.15, 0.2) is 30.3 Å². The van der Waals surface area contributed by atoms with E-state index in [4.69, 9.17) is 4.74 Å². The SMILES string of the molecule is CCOC(=O)C(CC)(CC(C)(O)c1ccccc1)C(=O)O. The van der Waals surface area contributed by atoms with Gasteiger partial charge in [0, 0.05) is 6.42 Å². The smallest absolute Gasteiger partial charge is 0.323 e. The van der Waals surface area contributed by atoms with E-state index in [9.17, 15) is 19.8 Å². The number of carboxylic acid groups (broad SMARTS) is 1. The molecule has 0 heterocycles. The van der Waals surface area contributed by atoms with E-state index in [1.165, 1.54) is 6.92 Å². The molecule has 0 aliphatic rings. The van der Waals surface area contributed by atoms with E-state index in [0.717, 1.165) is 0 Å². The lowest BCUT2D eigenvalue weighted by molar-refractivity contribution is -0.174. The molecule has 0 saturated carbocycles. The van der Waals surface area contributed by atoms with E-state index in [1.54, 1.807) is 44.2 Å². The predicted molar refractivity (Wildman–Crippen MR) is 77.6 cm³/mol. The van der Waals surface area contributed by atoms with Gasteiger partial charge < -0.3 is 14.9 Å². The molecule has 2 atom stereocenters. The maximum atomic E-state index is 12.1. The van der Waals surface area contributed by atoms with Crippen molar-refractivity contribution in [2.75, 3.05) is 6.61 Å². The molecule has 0 aromatic heterocycles. The van der Waals surface area contributed by atoms with Crippen molar-refractivity contribution in [3.63, 3.8) is 0 Å². The van der Waals surface area contributed by atoms with E-state index < -0.39 is 23.0 Å². The van der Waals surface area contributed by atoms with Crippen LogP contribution in [0.4, 0.5) is 0 Å². The van der Waals surface area contributed by atoms with Gasteiger partial charge in [0.1, 0.15) is 0 Å². The van der Waals surface area contributed by atoms with Crippen LogP contribution in [0.1, 0.15) is 39.2 Å². The fraction of sp³-hybridized carbons (Fsp3) is 0.500. The monoisotopic (exact) mass is 294 g/mol. The summed E-state index contributed by atoms with van der Waals surface area (Å²) in [5, 5.41) is 20.2. The predicted octanol–water partition coefficient (Wildman–Crippen LogP) is 2.33.